The molecule has 9 heteroatoms. The third kappa shape index (κ3) is 4.84. The van der Waals surface area contributed by atoms with Crippen molar-refractivity contribution >= 4 is 32.6 Å². The molecule has 0 bridgehead atoms. The summed E-state index contributed by atoms with van der Waals surface area (Å²) in [5.41, 5.74) is 1.56. The van der Waals surface area contributed by atoms with Crippen molar-refractivity contribution in [1.29, 1.82) is 0 Å². The third-order valence-electron chi connectivity index (χ3n) is 5.76. The number of thiazole rings is 1. The summed E-state index contributed by atoms with van der Waals surface area (Å²) in [5, 5.41) is 0.630. The van der Waals surface area contributed by atoms with Crippen molar-refractivity contribution in [2.45, 2.75) is 20.3 Å². The Balaban J connectivity index is 1.66. The molecule has 2 heterocycles. The van der Waals surface area contributed by atoms with Crippen LogP contribution in [0.25, 0.3) is 10.2 Å². The number of carbonyl (C=O) groups excluding carboxylic acids is 1. The summed E-state index contributed by atoms with van der Waals surface area (Å²) in [7, 11) is 3.24. The molecular formula is C24H29N3O5S. The van der Waals surface area contributed by atoms with Crippen LogP contribution in [0.4, 0.5) is 5.13 Å². The maximum atomic E-state index is 13.5. The van der Waals surface area contributed by atoms with Gasteiger partial charge in [0.15, 0.2) is 16.6 Å². The van der Waals surface area contributed by atoms with E-state index in [0.717, 1.165) is 29.9 Å². The van der Waals surface area contributed by atoms with E-state index < -0.39 is 0 Å². The largest absolute Gasteiger partial charge is 0.495 e. The molecule has 33 heavy (non-hydrogen) atoms. The van der Waals surface area contributed by atoms with Gasteiger partial charge in [0.05, 0.1) is 20.6 Å². The number of hydrogen-bond donors (Lipinski definition) is 0. The second kappa shape index (κ2) is 10.3. The molecule has 4 rings (SSSR count). The molecule has 0 unspecified atom stereocenters. The number of methoxy groups -OCH3 is 2. The number of fused-ring (bicyclic) bond motifs is 2. The molecule has 3 aromatic rings. The molecule has 0 fully saturated rings. The fourth-order valence-electron chi connectivity index (χ4n) is 3.82. The van der Waals surface area contributed by atoms with E-state index in [4.69, 9.17) is 23.9 Å². The van der Waals surface area contributed by atoms with Gasteiger partial charge in [-0.3, -0.25) is 9.69 Å². The Morgan fingerprint density at radius 2 is 1.76 bits per heavy atom. The molecule has 1 amide bonds. The predicted molar refractivity (Wildman–Crippen MR) is 129 cm³/mol. The molecule has 1 aromatic heterocycles. The van der Waals surface area contributed by atoms with Crippen molar-refractivity contribution in [3.05, 3.63) is 35.9 Å². The Morgan fingerprint density at radius 3 is 2.48 bits per heavy atom. The Bertz CT molecular complexity index is 1090. The van der Waals surface area contributed by atoms with Gasteiger partial charge in [0.1, 0.15) is 21.7 Å². The van der Waals surface area contributed by atoms with Crippen molar-refractivity contribution < 1.29 is 23.7 Å². The SMILES string of the molecule is CCN(CC)CCN(C(=O)Cc1ccc2c(c1)OCO2)c1nc2c(OC)ccc(OC)c2s1. The van der Waals surface area contributed by atoms with Crippen LogP contribution in [-0.2, 0) is 11.2 Å². The van der Waals surface area contributed by atoms with Crippen LogP contribution in [0.3, 0.4) is 0 Å². The van der Waals surface area contributed by atoms with Crippen LogP contribution in [-0.4, -0.2) is 63.0 Å². The summed E-state index contributed by atoms with van der Waals surface area (Å²) in [4.78, 5) is 22.4. The highest BCUT2D eigenvalue weighted by Gasteiger charge is 2.24. The average molecular weight is 472 g/mol. The molecule has 2 aromatic carbocycles. The minimum Gasteiger partial charge on any atom is -0.495 e. The monoisotopic (exact) mass is 471 g/mol. The molecular weight excluding hydrogens is 442 g/mol. The van der Waals surface area contributed by atoms with Gasteiger partial charge in [-0.1, -0.05) is 31.3 Å². The minimum atomic E-state index is -0.0296. The first-order valence-electron chi connectivity index (χ1n) is 11.0. The van der Waals surface area contributed by atoms with Crippen molar-refractivity contribution in [3.8, 4) is 23.0 Å². The first kappa shape index (κ1) is 23.1. The van der Waals surface area contributed by atoms with E-state index >= 15 is 0 Å². The average Bonchev–Trinajstić information content (AvgIpc) is 3.48. The highest BCUT2D eigenvalue weighted by atomic mass is 32.1. The lowest BCUT2D eigenvalue weighted by atomic mass is 10.1. The standard InChI is InChI=1S/C24H29N3O5S/c1-5-26(6-2)11-12-27(21(28)14-16-7-8-17-20(13-16)32-15-31-17)24-25-22-18(29-3)9-10-19(30-4)23(22)33-24/h7-10,13H,5-6,11-12,14-15H2,1-4H3. The van der Waals surface area contributed by atoms with Gasteiger partial charge in [-0.25, -0.2) is 4.98 Å². The summed E-state index contributed by atoms with van der Waals surface area (Å²) in [6.07, 6.45) is 0.235. The zero-order chi connectivity index (χ0) is 23.4. The molecule has 8 nitrogen and oxygen atoms in total. The van der Waals surface area contributed by atoms with Crippen LogP contribution in [0.1, 0.15) is 19.4 Å². The van der Waals surface area contributed by atoms with Gasteiger partial charge in [-0.2, -0.15) is 0 Å². The normalized spacial score (nSPS) is 12.4. The third-order valence-corrected chi connectivity index (χ3v) is 6.85. The number of likely N-dealkylation sites (N-methyl/N-ethyl adjacent to an activating group) is 1. The van der Waals surface area contributed by atoms with E-state index in [1.807, 2.05) is 30.3 Å². The Kier molecular flexibility index (Phi) is 7.20. The van der Waals surface area contributed by atoms with Crippen molar-refractivity contribution in [2.24, 2.45) is 0 Å². The second-order valence-electron chi connectivity index (χ2n) is 7.58. The fraction of sp³-hybridized carbons (Fsp3) is 0.417. The lowest BCUT2D eigenvalue weighted by Gasteiger charge is -2.24. The van der Waals surface area contributed by atoms with Crippen LogP contribution in [0.2, 0.25) is 0 Å². The van der Waals surface area contributed by atoms with E-state index in [2.05, 4.69) is 18.7 Å². The first-order chi connectivity index (χ1) is 16.1. The number of aromatic nitrogens is 1. The highest BCUT2D eigenvalue weighted by molar-refractivity contribution is 7.22. The molecule has 176 valence electrons. The second-order valence-corrected chi connectivity index (χ2v) is 8.56. The van der Waals surface area contributed by atoms with E-state index in [1.165, 1.54) is 11.3 Å². The van der Waals surface area contributed by atoms with Crippen LogP contribution >= 0.6 is 11.3 Å². The quantitative estimate of drug-likeness (QED) is 0.443. The number of nitrogens with zero attached hydrogens (tertiary/aromatic N) is 3. The van der Waals surface area contributed by atoms with Gasteiger partial charge in [-0.15, -0.1) is 0 Å². The number of amides is 1. The predicted octanol–water partition coefficient (Wildman–Crippen LogP) is 3.96. The first-order valence-corrected chi connectivity index (χ1v) is 11.8. The maximum Gasteiger partial charge on any atom is 0.233 e. The molecule has 0 atom stereocenters. The lowest BCUT2D eigenvalue weighted by molar-refractivity contribution is -0.118. The van der Waals surface area contributed by atoms with Gasteiger partial charge >= 0.3 is 0 Å². The van der Waals surface area contributed by atoms with Crippen LogP contribution < -0.4 is 23.8 Å². The molecule has 0 spiro atoms. The number of rotatable bonds is 10. The van der Waals surface area contributed by atoms with Gasteiger partial charge in [0.2, 0.25) is 12.7 Å². The molecule has 0 saturated heterocycles. The molecule has 0 aliphatic carbocycles. The lowest BCUT2D eigenvalue weighted by Crippen LogP contribution is -2.39. The topological polar surface area (TPSA) is 73.4 Å². The minimum absolute atomic E-state index is 0.0296. The number of carbonyl (C=O) groups is 1. The van der Waals surface area contributed by atoms with Crippen LogP contribution in [0, 0.1) is 0 Å². The van der Waals surface area contributed by atoms with Crippen molar-refractivity contribution in [1.82, 2.24) is 9.88 Å². The van der Waals surface area contributed by atoms with E-state index in [-0.39, 0.29) is 19.1 Å². The van der Waals surface area contributed by atoms with Gasteiger partial charge in [-0.05, 0) is 42.9 Å². The smallest absolute Gasteiger partial charge is 0.233 e. The highest BCUT2D eigenvalue weighted by Crippen LogP contribution is 2.40. The van der Waals surface area contributed by atoms with Crippen LogP contribution in [0.5, 0.6) is 23.0 Å². The Hall–Kier alpha value is -3.04. The number of benzene rings is 2. The van der Waals surface area contributed by atoms with E-state index in [9.17, 15) is 4.79 Å². The summed E-state index contributed by atoms with van der Waals surface area (Å²) in [6, 6.07) is 9.31. The summed E-state index contributed by atoms with van der Waals surface area (Å²) < 4.78 is 22.7. The van der Waals surface area contributed by atoms with Gasteiger partial charge in [0.25, 0.3) is 0 Å². The van der Waals surface area contributed by atoms with E-state index in [1.54, 1.807) is 19.1 Å². The molecule has 0 N–H and O–H groups in total. The Morgan fingerprint density at radius 1 is 1.03 bits per heavy atom. The van der Waals surface area contributed by atoms with Gasteiger partial charge in [0, 0.05) is 13.1 Å². The number of anilines is 1. The Labute approximate surface area is 197 Å². The summed E-state index contributed by atoms with van der Waals surface area (Å²) >= 11 is 1.44. The number of hydrogen-bond acceptors (Lipinski definition) is 8. The zero-order valence-corrected chi connectivity index (χ0v) is 20.2. The van der Waals surface area contributed by atoms with E-state index in [0.29, 0.717) is 40.2 Å². The summed E-state index contributed by atoms with van der Waals surface area (Å²) in [5.74, 6) is 2.71. The van der Waals surface area contributed by atoms with Crippen molar-refractivity contribution in [2.75, 3.05) is 52.1 Å². The molecule has 1 aliphatic rings. The number of ether oxygens (including phenoxy) is 4. The maximum absolute atomic E-state index is 13.5. The van der Waals surface area contributed by atoms with Crippen LogP contribution in [0.15, 0.2) is 30.3 Å². The zero-order valence-electron chi connectivity index (χ0n) is 19.4. The van der Waals surface area contributed by atoms with Crippen molar-refractivity contribution in [3.63, 3.8) is 0 Å². The van der Waals surface area contributed by atoms with Gasteiger partial charge < -0.3 is 23.8 Å². The molecule has 0 radical (unpaired) electrons. The fourth-order valence-corrected chi connectivity index (χ4v) is 4.94. The molecule has 1 aliphatic heterocycles. The molecule has 0 saturated carbocycles. The summed E-state index contributed by atoms with van der Waals surface area (Å²) in [6.45, 7) is 7.58.